The van der Waals surface area contributed by atoms with Gasteiger partial charge in [-0.25, -0.2) is 4.98 Å². The monoisotopic (exact) mass is 559 g/mol. The molecule has 1 aromatic carbocycles. The van der Waals surface area contributed by atoms with E-state index in [1.165, 1.54) is 29.2 Å². The molecule has 2 aromatic rings. The van der Waals surface area contributed by atoms with Gasteiger partial charge < -0.3 is 25.0 Å². The number of nitrogens with zero attached hydrogens (tertiary/aromatic N) is 4. The maximum Gasteiger partial charge on any atom is 0.257 e. The first-order chi connectivity index (χ1) is 18.3. The molecular weight excluding hydrogens is 522 g/mol. The predicted octanol–water partition coefficient (Wildman–Crippen LogP) is 3.54. The fraction of sp³-hybridized carbons (Fsp3) is 0.519. The zero-order valence-electron chi connectivity index (χ0n) is 22.3. The Morgan fingerprint density at radius 2 is 2.00 bits per heavy atom. The number of anilines is 1. The van der Waals surface area contributed by atoms with E-state index in [4.69, 9.17) is 4.74 Å². The Morgan fingerprint density at radius 3 is 2.71 bits per heavy atom. The molecule has 2 aliphatic rings. The van der Waals surface area contributed by atoms with E-state index >= 15 is 0 Å². The maximum absolute atomic E-state index is 13.6. The number of ether oxygens (including phenoxy) is 1. The average Bonchev–Trinajstić information content (AvgIpc) is 3.20. The van der Waals surface area contributed by atoms with Crippen LogP contribution in [0.1, 0.15) is 35.2 Å². The standard InChI is InChI=1S/C27H37N5O4S2/c1-5-23(33)31-9-6-10-32(14-13-31)26(35)20-16-22(18(2)15-21(20)36-4)37-24-17-28-27(38-24)29-25(34)19-7-11-30(3)12-8-19/h5,15-17,19,23,33H,1,6-14H2,2-4H3,(H,28,29,34). The molecule has 38 heavy (non-hydrogen) atoms. The van der Waals surface area contributed by atoms with Crippen molar-refractivity contribution in [2.45, 2.75) is 41.5 Å². The molecule has 0 spiro atoms. The highest BCUT2D eigenvalue weighted by Gasteiger charge is 2.26. The summed E-state index contributed by atoms with van der Waals surface area (Å²) in [6.45, 7) is 9.91. The second-order valence-electron chi connectivity index (χ2n) is 9.80. The number of aryl methyl sites for hydroxylation is 1. The third kappa shape index (κ3) is 6.95. The summed E-state index contributed by atoms with van der Waals surface area (Å²) in [6, 6.07) is 3.78. The van der Waals surface area contributed by atoms with Gasteiger partial charge in [-0.1, -0.05) is 29.7 Å². The Kier molecular flexibility index (Phi) is 9.83. The van der Waals surface area contributed by atoms with Crippen LogP contribution in [0.15, 0.2) is 40.1 Å². The van der Waals surface area contributed by atoms with Gasteiger partial charge in [0.1, 0.15) is 12.0 Å². The van der Waals surface area contributed by atoms with Gasteiger partial charge in [-0.05, 0) is 70.1 Å². The number of nitrogens with one attached hydrogen (secondary N) is 1. The van der Waals surface area contributed by atoms with Gasteiger partial charge in [-0.3, -0.25) is 14.5 Å². The fourth-order valence-electron chi connectivity index (χ4n) is 4.78. The van der Waals surface area contributed by atoms with Gasteiger partial charge in [0.15, 0.2) is 5.13 Å². The van der Waals surface area contributed by atoms with E-state index < -0.39 is 6.23 Å². The first kappa shape index (κ1) is 28.6. The molecule has 3 heterocycles. The fourth-order valence-corrected chi connectivity index (χ4v) is 6.73. The molecular formula is C27H37N5O4S2. The van der Waals surface area contributed by atoms with E-state index in [9.17, 15) is 14.7 Å². The third-order valence-electron chi connectivity index (χ3n) is 7.14. The first-order valence-corrected chi connectivity index (χ1v) is 14.6. The van der Waals surface area contributed by atoms with E-state index in [1.54, 1.807) is 13.3 Å². The van der Waals surface area contributed by atoms with Gasteiger partial charge in [-0.2, -0.15) is 0 Å². The molecule has 2 N–H and O–H groups in total. The molecule has 1 unspecified atom stereocenters. The van der Waals surface area contributed by atoms with Crippen molar-refractivity contribution in [1.29, 1.82) is 0 Å². The van der Waals surface area contributed by atoms with E-state index in [2.05, 4.69) is 28.8 Å². The topological polar surface area (TPSA) is 98.2 Å². The van der Waals surface area contributed by atoms with Crippen LogP contribution in [0.4, 0.5) is 5.13 Å². The normalized spacial score (nSPS) is 18.6. The number of aliphatic hydroxyl groups excluding tert-OH is 1. The average molecular weight is 560 g/mol. The molecule has 11 heteroatoms. The molecule has 2 aliphatic heterocycles. The maximum atomic E-state index is 13.6. The Labute approximate surface area is 232 Å². The number of likely N-dealkylation sites (tertiary alicyclic amines) is 1. The van der Waals surface area contributed by atoms with Crippen LogP contribution in [0.3, 0.4) is 0 Å². The molecule has 2 amide bonds. The highest BCUT2D eigenvalue weighted by atomic mass is 32.2. The molecule has 2 fully saturated rings. The molecule has 0 saturated carbocycles. The number of aliphatic hydroxyl groups is 1. The van der Waals surface area contributed by atoms with Gasteiger partial charge in [0.05, 0.1) is 23.1 Å². The lowest BCUT2D eigenvalue weighted by atomic mass is 9.96. The number of carbonyl (C=O) groups is 2. The molecule has 2 saturated heterocycles. The number of carbonyl (C=O) groups excluding carboxylic acids is 2. The molecule has 206 valence electrons. The van der Waals surface area contributed by atoms with Crippen molar-refractivity contribution in [3.05, 3.63) is 42.1 Å². The van der Waals surface area contributed by atoms with Crippen LogP contribution in [-0.4, -0.2) is 96.3 Å². The van der Waals surface area contributed by atoms with Crippen LogP contribution in [0.5, 0.6) is 5.75 Å². The minimum atomic E-state index is -0.708. The molecule has 1 aromatic heterocycles. The van der Waals surface area contributed by atoms with Crippen LogP contribution in [0, 0.1) is 12.8 Å². The number of thiazole rings is 1. The SMILES string of the molecule is C=CC(O)N1CCCN(C(=O)c2cc(Sc3cnc(NC(=O)C4CCN(C)CC4)s3)c(C)cc2OC)CC1. The van der Waals surface area contributed by atoms with Crippen molar-refractivity contribution in [3.63, 3.8) is 0 Å². The molecule has 4 rings (SSSR count). The Balaban J connectivity index is 1.45. The number of amides is 2. The summed E-state index contributed by atoms with van der Waals surface area (Å²) in [5.41, 5.74) is 1.50. The van der Waals surface area contributed by atoms with E-state index in [1.807, 2.05) is 28.9 Å². The lowest BCUT2D eigenvalue weighted by molar-refractivity contribution is -0.121. The van der Waals surface area contributed by atoms with Crippen LogP contribution in [-0.2, 0) is 4.79 Å². The highest BCUT2D eigenvalue weighted by Crippen LogP contribution is 2.38. The van der Waals surface area contributed by atoms with Crippen molar-refractivity contribution >= 4 is 40.0 Å². The van der Waals surface area contributed by atoms with Gasteiger partial charge in [0.25, 0.3) is 5.91 Å². The predicted molar refractivity (Wildman–Crippen MR) is 151 cm³/mol. The quantitative estimate of drug-likeness (QED) is 0.474. The summed E-state index contributed by atoms with van der Waals surface area (Å²) < 4.78 is 6.51. The number of rotatable bonds is 8. The number of benzene rings is 1. The molecule has 9 nitrogen and oxygen atoms in total. The van der Waals surface area contributed by atoms with Gasteiger partial charge in [0, 0.05) is 37.0 Å². The lowest BCUT2D eigenvalue weighted by Crippen LogP contribution is -2.38. The third-order valence-corrected chi connectivity index (χ3v) is 9.32. The zero-order valence-corrected chi connectivity index (χ0v) is 23.9. The van der Waals surface area contributed by atoms with Crippen molar-refractivity contribution < 1.29 is 19.4 Å². The van der Waals surface area contributed by atoms with E-state index in [-0.39, 0.29) is 17.7 Å². The molecule has 0 aliphatic carbocycles. The number of hydrogen-bond donors (Lipinski definition) is 2. The summed E-state index contributed by atoms with van der Waals surface area (Å²) in [4.78, 5) is 37.6. The lowest BCUT2D eigenvalue weighted by Gasteiger charge is -2.27. The van der Waals surface area contributed by atoms with Crippen molar-refractivity contribution in [2.75, 3.05) is 58.7 Å². The summed E-state index contributed by atoms with van der Waals surface area (Å²) in [5.74, 6) is 0.511. The Morgan fingerprint density at radius 1 is 1.24 bits per heavy atom. The van der Waals surface area contributed by atoms with Gasteiger partial charge in [0.2, 0.25) is 5.91 Å². The second-order valence-corrected chi connectivity index (χ2v) is 12.2. The van der Waals surface area contributed by atoms with Crippen molar-refractivity contribution in [3.8, 4) is 5.75 Å². The van der Waals surface area contributed by atoms with Crippen LogP contribution < -0.4 is 10.1 Å². The smallest absolute Gasteiger partial charge is 0.257 e. The number of aromatic nitrogens is 1. The van der Waals surface area contributed by atoms with Crippen LogP contribution in [0.25, 0.3) is 0 Å². The van der Waals surface area contributed by atoms with E-state index in [0.29, 0.717) is 42.6 Å². The summed E-state index contributed by atoms with van der Waals surface area (Å²) in [5, 5.41) is 13.7. The largest absolute Gasteiger partial charge is 0.496 e. The second kappa shape index (κ2) is 13.1. The first-order valence-electron chi connectivity index (χ1n) is 12.9. The Hall–Kier alpha value is -2.44. The molecule has 1 atom stereocenters. The molecule has 0 radical (unpaired) electrons. The Bertz CT molecular complexity index is 1150. The van der Waals surface area contributed by atoms with Gasteiger partial charge in [-0.15, -0.1) is 0 Å². The summed E-state index contributed by atoms with van der Waals surface area (Å²) >= 11 is 2.96. The number of piperidine rings is 1. The van der Waals surface area contributed by atoms with Crippen LogP contribution in [0.2, 0.25) is 0 Å². The minimum Gasteiger partial charge on any atom is -0.496 e. The summed E-state index contributed by atoms with van der Waals surface area (Å²) in [6.07, 6.45) is 5.05. The number of methoxy groups -OCH3 is 1. The van der Waals surface area contributed by atoms with Crippen molar-refractivity contribution in [2.24, 2.45) is 5.92 Å². The number of hydrogen-bond acceptors (Lipinski definition) is 9. The van der Waals surface area contributed by atoms with Gasteiger partial charge >= 0.3 is 0 Å². The molecule has 0 bridgehead atoms. The van der Waals surface area contributed by atoms with Crippen LogP contribution >= 0.6 is 23.1 Å². The highest BCUT2D eigenvalue weighted by molar-refractivity contribution is 8.01. The van der Waals surface area contributed by atoms with Crippen molar-refractivity contribution in [1.82, 2.24) is 19.7 Å². The van der Waals surface area contributed by atoms with E-state index in [0.717, 1.165) is 47.0 Å². The summed E-state index contributed by atoms with van der Waals surface area (Å²) in [7, 11) is 3.65. The zero-order chi connectivity index (χ0) is 27.2. The minimum absolute atomic E-state index is 0.0229.